The molecule has 4 nitrogen and oxygen atoms in total. The van der Waals surface area contributed by atoms with Crippen molar-refractivity contribution in [1.29, 1.82) is 0 Å². The number of hydrogen-bond acceptors (Lipinski definition) is 5. The molecule has 0 atom stereocenters. The molecule has 0 aromatic heterocycles. The number of ether oxygens (including phenoxy) is 1. The van der Waals surface area contributed by atoms with Crippen LogP contribution in [0.1, 0.15) is 26.2 Å². The molecule has 0 saturated carbocycles. The van der Waals surface area contributed by atoms with Gasteiger partial charge in [0.15, 0.2) is 5.17 Å². The lowest BCUT2D eigenvalue weighted by Crippen LogP contribution is -2.17. The molecule has 1 aliphatic heterocycles. The van der Waals surface area contributed by atoms with Crippen molar-refractivity contribution in [3.63, 3.8) is 0 Å². The highest BCUT2D eigenvalue weighted by Crippen LogP contribution is 2.09. The third kappa shape index (κ3) is 4.62. The van der Waals surface area contributed by atoms with E-state index in [1.54, 1.807) is 0 Å². The predicted octanol–water partition coefficient (Wildman–Crippen LogP) is 1.61. The van der Waals surface area contributed by atoms with Crippen LogP contribution < -0.4 is 5.73 Å². The summed E-state index contributed by atoms with van der Waals surface area (Å²) in [6, 6.07) is 0. The maximum atomic E-state index is 5.47. The van der Waals surface area contributed by atoms with Crippen LogP contribution >= 0.6 is 11.8 Å². The normalized spacial score (nSPS) is 16.4. The molecule has 0 unspecified atom stereocenters. The van der Waals surface area contributed by atoms with Gasteiger partial charge < -0.3 is 10.5 Å². The van der Waals surface area contributed by atoms with Crippen LogP contribution in [0.15, 0.2) is 10.2 Å². The van der Waals surface area contributed by atoms with Crippen LogP contribution in [0.25, 0.3) is 0 Å². The fourth-order valence-electron chi connectivity index (χ4n) is 0.996. The standard InChI is InChI=1S/C9H17N3OS/c1-2-3-5-13-6-4-8-7-14-9(10)12-11-8/h2-7H2,1H3,(H2,10,12). The molecule has 1 rings (SSSR count). The summed E-state index contributed by atoms with van der Waals surface area (Å²) in [6.07, 6.45) is 3.18. The van der Waals surface area contributed by atoms with Crippen molar-refractivity contribution >= 4 is 22.6 Å². The summed E-state index contributed by atoms with van der Waals surface area (Å²) in [5.74, 6) is 0.854. The smallest absolute Gasteiger partial charge is 0.180 e. The van der Waals surface area contributed by atoms with Crippen molar-refractivity contribution < 1.29 is 4.74 Å². The number of unbranched alkanes of at least 4 members (excludes halogenated alkanes) is 1. The summed E-state index contributed by atoms with van der Waals surface area (Å²) < 4.78 is 5.43. The first-order chi connectivity index (χ1) is 6.83. The summed E-state index contributed by atoms with van der Waals surface area (Å²) >= 11 is 1.54. The zero-order valence-corrected chi connectivity index (χ0v) is 9.35. The van der Waals surface area contributed by atoms with E-state index in [-0.39, 0.29) is 0 Å². The Labute approximate surface area is 89.0 Å². The first-order valence-electron chi connectivity index (χ1n) is 4.92. The zero-order chi connectivity index (χ0) is 10.2. The molecular formula is C9H17N3OS. The van der Waals surface area contributed by atoms with E-state index in [9.17, 15) is 0 Å². The lowest BCUT2D eigenvalue weighted by atomic mass is 10.3. The summed E-state index contributed by atoms with van der Waals surface area (Å²) in [4.78, 5) is 0. The van der Waals surface area contributed by atoms with E-state index in [0.29, 0.717) is 5.17 Å². The zero-order valence-electron chi connectivity index (χ0n) is 8.53. The van der Waals surface area contributed by atoms with E-state index in [1.807, 2.05) is 0 Å². The van der Waals surface area contributed by atoms with Crippen LogP contribution in [0.4, 0.5) is 0 Å². The fourth-order valence-corrected chi connectivity index (χ4v) is 1.61. The number of nitrogens with two attached hydrogens (primary N) is 1. The van der Waals surface area contributed by atoms with Gasteiger partial charge in [-0.05, 0) is 6.42 Å². The first kappa shape index (κ1) is 11.5. The van der Waals surface area contributed by atoms with Gasteiger partial charge in [-0.2, -0.15) is 5.10 Å². The van der Waals surface area contributed by atoms with Gasteiger partial charge in [-0.3, -0.25) is 0 Å². The van der Waals surface area contributed by atoms with E-state index >= 15 is 0 Å². The van der Waals surface area contributed by atoms with Crippen LogP contribution in [0.5, 0.6) is 0 Å². The number of rotatable bonds is 6. The molecule has 5 heteroatoms. The molecule has 1 heterocycles. The lowest BCUT2D eigenvalue weighted by Gasteiger charge is -2.08. The molecule has 0 spiro atoms. The summed E-state index contributed by atoms with van der Waals surface area (Å²) in [5.41, 5.74) is 6.54. The Morgan fingerprint density at radius 3 is 2.93 bits per heavy atom. The minimum Gasteiger partial charge on any atom is -0.381 e. The monoisotopic (exact) mass is 215 g/mol. The Hall–Kier alpha value is -0.550. The Morgan fingerprint density at radius 1 is 1.43 bits per heavy atom. The Balaban J connectivity index is 2.07. The number of amidine groups is 1. The summed E-state index contributed by atoms with van der Waals surface area (Å²) in [6.45, 7) is 3.75. The van der Waals surface area contributed by atoms with E-state index in [2.05, 4.69) is 17.1 Å². The summed E-state index contributed by atoms with van der Waals surface area (Å²) in [7, 11) is 0. The Kier molecular flexibility index (Phi) is 5.63. The highest BCUT2D eigenvalue weighted by molar-refractivity contribution is 8.14. The Bertz CT molecular complexity index is 228. The molecule has 80 valence electrons. The molecule has 0 fully saturated rings. The van der Waals surface area contributed by atoms with Gasteiger partial charge in [0.25, 0.3) is 0 Å². The molecule has 0 bridgehead atoms. The van der Waals surface area contributed by atoms with Gasteiger partial charge in [0.1, 0.15) is 0 Å². The van der Waals surface area contributed by atoms with Gasteiger partial charge in [0.2, 0.25) is 0 Å². The molecule has 0 aliphatic carbocycles. The average molecular weight is 215 g/mol. The van der Waals surface area contributed by atoms with E-state index < -0.39 is 0 Å². The molecule has 0 radical (unpaired) electrons. The average Bonchev–Trinajstić information content (AvgIpc) is 2.21. The molecule has 0 saturated heterocycles. The van der Waals surface area contributed by atoms with E-state index in [4.69, 9.17) is 10.5 Å². The van der Waals surface area contributed by atoms with Crippen LogP contribution in [0, 0.1) is 0 Å². The molecule has 14 heavy (non-hydrogen) atoms. The second-order valence-electron chi connectivity index (χ2n) is 3.11. The van der Waals surface area contributed by atoms with Crippen LogP contribution in [0.3, 0.4) is 0 Å². The highest BCUT2D eigenvalue weighted by atomic mass is 32.2. The van der Waals surface area contributed by atoms with Crippen molar-refractivity contribution in [3.8, 4) is 0 Å². The van der Waals surface area contributed by atoms with Gasteiger partial charge in [-0.15, -0.1) is 5.10 Å². The van der Waals surface area contributed by atoms with Gasteiger partial charge >= 0.3 is 0 Å². The third-order valence-corrected chi connectivity index (χ3v) is 2.71. The minimum absolute atomic E-state index is 0.556. The van der Waals surface area contributed by atoms with Crippen molar-refractivity contribution in [2.24, 2.45) is 15.9 Å². The topological polar surface area (TPSA) is 60.0 Å². The maximum absolute atomic E-state index is 5.47. The largest absolute Gasteiger partial charge is 0.381 e. The third-order valence-electron chi connectivity index (χ3n) is 1.85. The van der Waals surface area contributed by atoms with Crippen LogP contribution in [-0.2, 0) is 4.74 Å². The molecule has 0 aromatic carbocycles. The highest BCUT2D eigenvalue weighted by Gasteiger charge is 2.07. The van der Waals surface area contributed by atoms with Crippen molar-refractivity contribution in [3.05, 3.63) is 0 Å². The number of nitrogens with zero attached hydrogens (tertiary/aromatic N) is 2. The van der Waals surface area contributed by atoms with Gasteiger partial charge in [0.05, 0.1) is 12.3 Å². The predicted molar refractivity (Wildman–Crippen MR) is 61.9 cm³/mol. The second-order valence-corrected chi connectivity index (χ2v) is 4.10. The Morgan fingerprint density at radius 2 is 2.29 bits per heavy atom. The molecule has 1 aliphatic rings. The molecule has 2 N–H and O–H groups in total. The maximum Gasteiger partial charge on any atom is 0.180 e. The second kappa shape index (κ2) is 6.84. The van der Waals surface area contributed by atoms with Crippen molar-refractivity contribution in [1.82, 2.24) is 0 Å². The lowest BCUT2D eigenvalue weighted by molar-refractivity contribution is 0.138. The molecular weight excluding hydrogens is 198 g/mol. The fraction of sp³-hybridized carbons (Fsp3) is 0.778. The number of hydrogen-bond donors (Lipinski definition) is 1. The minimum atomic E-state index is 0.556. The summed E-state index contributed by atoms with van der Waals surface area (Å²) in [5, 5.41) is 8.38. The van der Waals surface area contributed by atoms with Gasteiger partial charge in [0, 0.05) is 18.8 Å². The molecule has 0 amide bonds. The van der Waals surface area contributed by atoms with Crippen LogP contribution in [0.2, 0.25) is 0 Å². The van der Waals surface area contributed by atoms with Crippen molar-refractivity contribution in [2.75, 3.05) is 19.0 Å². The number of thioether (sulfide) groups is 1. The van der Waals surface area contributed by atoms with Gasteiger partial charge in [-0.1, -0.05) is 25.1 Å². The first-order valence-corrected chi connectivity index (χ1v) is 5.91. The quantitative estimate of drug-likeness (QED) is 0.685. The van der Waals surface area contributed by atoms with E-state index in [0.717, 1.165) is 37.5 Å². The van der Waals surface area contributed by atoms with E-state index in [1.165, 1.54) is 18.2 Å². The van der Waals surface area contributed by atoms with Gasteiger partial charge in [-0.25, -0.2) is 0 Å². The molecule has 0 aromatic rings. The van der Waals surface area contributed by atoms with Crippen molar-refractivity contribution in [2.45, 2.75) is 26.2 Å². The van der Waals surface area contributed by atoms with Crippen LogP contribution in [-0.4, -0.2) is 29.8 Å². The SMILES string of the molecule is CCCCOCCC1=NN=C(N)SC1.